The Bertz CT molecular complexity index is 378. The second kappa shape index (κ2) is 3.15. The van der Waals surface area contributed by atoms with Crippen molar-refractivity contribution in [3.05, 3.63) is 0 Å². The predicted molar refractivity (Wildman–Crippen MR) is 62.4 cm³/mol. The number of amides is 2. The number of hydrogen-bond acceptors (Lipinski definition) is 2. The first-order valence-electron chi connectivity index (χ1n) is 5.96. The maximum Gasteiger partial charge on any atom is 0.408 e. The van der Waals surface area contributed by atoms with Crippen LogP contribution in [0.5, 0.6) is 0 Å². The van der Waals surface area contributed by atoms with Crippen molar-refractivity contribution in [2.45, 2.75) is 57.5 Å². The molecular formula is C12H20N2O3. The Hall–Kier alpha value is -1.26. The largest absolute Gasteiger partial charge is 0.465 e. The molecule has 0 aliphatic heterocycles. The van der Waals surface area contributed by atoms with Gasteiger partial charge in [0.2, 0.25) is 5.91 Å². The van der Waals surface area contributed by atoms with Gasteiger partial charge in [-0.05, 0) is 46.5 Å². The van der Waals surface area contributed by atoms with E-state index < -0.39 is 17.0 Å². The van der Waals surface area contributed by atoms with Crippen molar-refractivity contribution < 1.29 is 14.7 Å². The van der Waals surface area contributed by atoms with Crippen LogP contribution in [-0.4, -0.2) is 33.1 Å². The van der Waals surface area contributed by atoms with E-state index in [0.29, 0.717) is 12.8 Å². The SMILES string of the molecule is CC(C)(C)N(C(=O)O)C12CCC(C(N)=O)(C1)C2. The minimum atomic E-state index is -0.905. The zero-order valence-electron chi connectivity index (χ0n) is 10.6. The molecule has 3 aliphatic carbocycles. The summed E-state index contributed by atoms with van der Waals surface area (Å²) in [5.41, 5.74) is 4.17. The van der Waals surface area contributed by atoms with Crippen LogP contribution in [0.15, 0.2) is 0 Å². The zero-order valence-corrected chi connectivity index (χ0v) is 10.6. The van der Waals surface area contributed by atoms with Crippen molar-refractivity contribution in [1.82, 2.24) is 4.90 Å². The molecule has 96 valence electrons. The lowest BCUT2D eigenvalue weighted by Crippen LogP contribution is -2.65. The van der Waals surface area contributed by atoms with Crippen LogP contribution in [0.4, 0.5) is 4.79 Å². The standard InChI is InChI=1S/C12H20N2O3/c1-10(2,3)14(9(16)17)12-5-4-11(6-12,7-12)8(13)15/h4-7H2,1-3H3,(H2,13,15)(H,16,17). The highest BCUT2D eigenvalue weighted by Gasteiger charge is 2.68. The van der Waals surface area contributed by atoms with Crippen LogP contribution >= 0.6 is 0 Å². The highest BCUT2D eigenvalue weighted by molar-refractivity contribution is 5.84. The van der Waals surface area contributed by atoms with Crippen LogP contribution in [0, 0.1) is 5.41 Å². The third-order valence-electron chi connectivity index (χ3n) is 4.26. The minimum Gasteiger partial charge on any atom is -0.465 e. The Morgan fingerprint density at radius 1 is 1.24 bits per heavy atom. The van der Waals surface area contributed by atoms with E-state index in [1.807, 2.05) is 20.8 Å². The predicted octanol–water partition coefficient (Wildman–Crippen LogP) is 1.56. The molecule has 3 aliphatic rings. The molecule has 3 fully saturated rings. The molecule has 0 atom stereocenters. The van der Waals surface area contributed by atoms with E-state index in [-0.39, 0.29) is 11.4 Å². The van der Waals surface area contributed by atoms with Gasteiger partial charge in [0.05, 0.1) is 5.41 Å². The number of nitrogens with zero attached hydrogens (tertiary/aromatic N) is 1. The second-order valence-corrected chi connectivity index (χ2v) is 6.51. The highest BCUT2D eigenvalue weighted by atomic mass is 16.4. The second-order valence-electron chi connectivity index (χ2n) is 6.51. The summed E-state index contributed by atoms with van der Waals surface area (Å²) in [6.07, 6.45) is 1.76. The number of primary amides is 1. The maximum absolute atomic E-state index is 11.4. The van der Waals surface area contributed by atoms with E-state index in [9.17, 15) is 14.7 Å². The van der Waals surface area contributed by atoms with Crippen molar-refractivity contribution >= 4 is 12.0 Å². The van der Waals surface area contributed by atoms with E-state index in [4.69, 9.17) is 5.73 Å². The first-order chi connectivity index (χ1) is 7.63. The average molecular weight is 240 g/mol. The summed E-state index contributed by atoms with van der Waals surface area (Å²) in [5, 5.41) is 9.39. The number of hydrogen-bond donors (Lipinski definition) is 2. The van der Waals surface area contributed by atoms with Crippen molar-refractivity contribution in [2.24, 2.45) is 11.1 Å². The van der Waals surface area contributed by atoms with Crippen molar-refractivity contribution in [1.29, 1.82) is 0 Å². The molecule has 0 aromatic heterocycles. The van der Waals surface area contributed by atoms with Gasteiger partial charge in [-0.1, -0.05) is 0 Å². The quantitative estimate of drug-likeness (QED) is 0.768. The van der Waals surface area contributed by atoms with Gasteiger partial charge in [-0.25, -0.2) is 4.79 Å². The molecule has 0 heterocycles. The number of carbonyl (C=O) groups is 2. The Labute approximate surface area is 101 Å². The first-order valence-corrected chi connectivity index (χ1v) is 5.96. The van der Waals surface area contributed by atoms with Crippen molar-refractivity contribution in [2.75, 3.05) is 0 Å². The Morgan fingerprint density at radius 3 is 2.06 bits per heavy atom. The van der Waals surface area contributed by atoms with E-state index in [1.54, 1.807) is 0 Å². The fourth-order valence-corrected chi connectivity index (χ4v) is 3.80. The summed E-state index contributed by atoms with van der Waals surface area (Å²) in [4.78, 5) is 24.4. The molecule has 3 rings (SSSR count). The molecule has 0 saturated heterocycles. The number of fused-ring (bicyclic) bond motifs is 1. The monoisotopic (exact) mass is 240 g/mol. The van der Waals surface area contributed by atoms with Gasteiger partial charge in [0.25, 0.3) is 0 Å². The number of carbonyl (C=O) groups excluding carboxylic acids is 1. The molecule has 0 spiro atoms. The van der Waals surface area contributed by atoms with Gasteiger partial charge < -0.3 is 10.8 Å². The molecule has 2 amide bonds. The lowest BCUT2D eigenvalue weighted by Gasteiger charge is -2.55. The van der Waals surface area contributed by atoms with E-state index in [1.165, 1.54) is 4.90 Å². The summed E-state index contributed by atoms with van der Waals surface area (Å²) >= 11 is 0. The van der Waals surface area contributed by atoms with Crippen molar-refractivity contribution in [3.63, 3.8) is 0 Å². The molecule has 3 N–H and O–H groups in total. The van der Waals surface area contributed by atoms with Crippen LogP contribution in [0.3, 0.4) is 0 Å². The molecule has 0 radical (unpaired) electrons. The fourth-order valence-electron chi connectivity index (χ4n) is 3.80. The Morgan fingerprint density at radius 2 is 1.76 bits per heavy atom. The molecule has 0 unspecified atom stereocenters. The fraction of sp³-hybridized carbons (Fsp3) is 0.833. The third-order valence-corrected chi connectivity index (χ3v) is 4.26. The minimum absolute atomic E-state index is 0.273. The van der Waals surface area contributed by atoms with Crippen LogP contribution in [0.25, 0.3) is 0 Å². The summed E-state index contributed by atoms with van der Waals surface area (Å²) in [6, 6.07) is 0. The van der Waals surface area contributed by atoms with E-state index >= 15 is 0 Å². The van der Waals surface area contributed by atoms with Gasteiger partial charge in [0.15, 0.2) is 0 Å². The van der Waals surface area contributed by atoms with Crippen molar-refractivity contribution in [3.8, 4) is 0 Å². The average Bonchev–Trinajstić information content (AvgIpc) is 2.55. The molecule has 3 saturated carbocycles. The maximum atomic E-state index is 11.4. The molecule has 2 bridgehead atoms. The lowest BCUT2D eigenvalue weighted by atomic mass is 9.63. The van der Waals surface area contributed by atoms with Crippen LogP contribution in [-0.2, 0) is 4.79 Å². The summed E-state index contributed by atoms with van der Waals surface area (Å²) in [7, 11) is 0. The van der Waals surface area contributed by atoms with Gasteiger partial charge in [-0.2, -0.15) is 0 Å². The summed E-state index contributed by atoms with van der Waals surface area (Å²) in [6.45, 7) is 5.66. The van der Waals surface area contributed by atoms with Crippen LogP contribution in [0.1, 0.15) is 46.5 Å². The molecular weight excluding hydrogens is 220 g/mol. The summed E-state index contributed by atoms with van der Waals surface area (Å²) < 4.78 is 0. The molecule has 5 nitrogen and oxygen atoms in total. The number of carboxylic acid groups (broad SMARTS) is 1. The molecule has 0 aromatic carbocycles. The van der Waals surface area contributed by atoms with Gasteiger partial charge in [0, 0.05) is 11.1 Å². The van der Waals surface area contributed by atoms with Crippen LogP contribution < -0.4 is 5.73 Å². The first kappa shape index (κ1) is 12.2. The third kappa shape index (κ3) is 1.51. The van der Waals surface area contributed by atoms with Gasteiger partial charge in [0.1, 0.15) is 0 Å². The normalized spacial score (nSPS) is 35.2. The zero-order chi connectivity index (χ0) is 13.1. The van der Waals surface area contributed by atoms with Gasteiger partial charge in [-0.15, -0.1) is 0 Å². The van der Waals surface area contributed by atoms with Crippen LogP contribution in [0.2, 0.25) is 0 Å². The summed E-state index contributed by atoms with van der Waals surface area (Å²) in [5.74, 6) is -0.273. The molecule has 5 heteroatoms. The van der Waals surface area contributed by atoms with Gasteiger partial charge >= 0.3 is 6.09 Å². The Balaban J connectivity index is 2.26. The van der Waals surface area contributed by atoms with E-state index in [0.717, 1.165) is 12.8 Å². The lowest BCUT2D eigenvalue weighted by molar-refractivity contribution is -0.138. The molecule has 0 aromatic rings. The number of nitrogens with two attached hydrogens (primary N) is 1. The van der Waals surface area contributed by atoms with E-state index in [2.05, 4.69) is 0 Å². The Kier molecular flexibility index (Phi) is 2.26. The number of rotatable bonds is 2. The smallest absolute Gasteiger partial charge is 0.408 e. The van der Waals surface area contributed by atoms with Gasteiger partial charge in [-0.3, -0.25) is 9.69 Å². The highest BCUT2D eigenvalue weighted by Crippen LogP contribution is 2.64. The molecule has 17 heavy (non-hydrogen) atoms. The topological polar surface area (TPSA) is 83.6 Å².